The minimum absolute atomic E-state index is 0.189. The topological polar surface area (TPSA) is 80.6 Å². The molecule has 19 heavy (non-hydrogen) atoms. The Kier molecular flexibility index (Phi) is 2.45. The molecule has 0 saturated heterocycles. The number of nitrogens with zero attached hydrogens (tertiary/aromatic N) is 2. The van der Waals surface area contributed by atoms with E-state index in [4.69, 9.17) is 10.8 Å². The quantitative estimate of drug-likeness (QED) is 0.734. The number of fused-ring (bicyclic) bond motifs is 1. The predicted molar refractivity (Wildman–Crippen MR) is 72.0 cm³/mol. The molecular formula is C14H11N3O2. The van der Waals surface area contributed by atoms with Gasteiger partial charge < -0.3 is 15.2 Å². The fourth-order valence-corrected chi connectivity index (χ4v) is 2.12. The van der Waals surface area contributed by atoms with Crippen molar-refractivity contribution in [2.75, 3.05) is 5.73 Å². The summed E-state index contributed by atoms with van der Waals surface area (Å²) in [7, 11) is 0. The van der Waals surface area contributed by atoms with Gasteiger partial charge in [0.25, 0.3) is 0 Å². The highest BCUT2D eigenvalue weighted by Gasteiger charge is 2.13. The maximum atomic E-state index is 11.1. The van der Waals surface area contributed by atoms with Crippen LogP contribution < -0.4 is 5.73 Å². The van der Waals surface area contributed by atoms with Gasteiger partial charge in [-0.25, -0.2) is 4.79 Å². The Morgan fingerprint density at radius 1 is 1.21 bits per heavy atom. The highest BCUT2D eigenvalue weighted by molar-refractivity contribution is 5.92. The van der Waals surface area contributed by atoms with E-state index in [1.54, 1.807) is 28.9 Å². The van der Waals surface area contributed by atoms with Crippen LogP contribution in [0.4, 0.5) is 5.69 Å². The van der Waals surface area contributed by atoms with Gasteiger partial charge in [0.2, 0.25) is 0 Å². The summed E-state index contributed by atoms with van der Waals surface area (Å²) in [5.74, 6) is -0.981. The molecule has 5 heteroatoms. The van der Waals surface area contributed by atoms with E-state index in [0.717, 1.165) is 11.3 Å². The number of aromatic carboxylic acids is 1. The van der Waals surface area contributed by atoms with Crippen LogP contribution in [0.2, 0.25) is 0 Å². The van der Waals surface area contributed by atoms with Gasteiger partial charge in [-0.2, -0.15) is 0 Å². The molecule has 0 unspecified atom stereocenters. The van der Waals surface area contributed by atoms with Crippen molar-refractivity contribution in [2.45, 2.75) is 0 Å². The highest BCUT2D eigenvalue weighted by atomic mass is 16.4. The van der Waals surface area contributed by atoms with E-state index in [2.05, 4.69) is 4.98 Å². The highest BCUT2D eigenvalue weighted by Crippen LogP contribution is 2.28. The van der Waals surface area contributed by atoms with Crippen LogP contribution >= 0.6 is 0 Å². The maximum absolute atomic E-state index is 11.1. The van der Waals surface area contributed by atoms with Crippen LogP contribution in [-0.2, 0) is 0 Å². The minimum Gasteiger partial charge on any atom is -0.477 e. The summed E-state index contributed by atoms with van der Waals surface area (Å²) in [5.41, 5.74) is 9.05. The van der Waals surface area contributed by atoms with E-state index in [-0.39, 0.29) is 5.69 Å². The Hall–Kier alpha value is -2.82. The van der Waals surface area contributed by atoms with Crippen LogP contribution in [0.15, 0.2) is 48.8 Å². The van der Waals surface area contributed by atoms with Crippen LogP contribution in [0, 0.1) is 0 Å². The Labute approximate surface area is 108 Å². The lowest BCUT2D eigenvalue weighted by molar-refractivity contribution is 0.0689. The van der Waals surface area contributed by atoms with Crippen LogP contribution in [0.1, 0.15) is 10.5 Å². The first-order valence-electron chi connectivity index (χ1n) is 5.72. The molecule has 3 aromatic rings. The van der Waals surface area contributed by atoms with Gasteiger partial charge in [0.15, 0.2) is 0 Å². The molecule has 0 bridgehead atoms. The number of nitrogen functional groups attached to an aromatic ring is 1. The molecule has 0 aliphatic rings. The van der Waals surface area contributed by atoms with Gasteiger partial charge in [-0.3, -0.25) is 4.98 Å². The second-order valence-electron chi connectivity index (χ2n) is 4.14. The molecule has 3 N–H and O–H groups in total. The van der Waals surface area contributed by atoms with E-state index in [9.17, 15) is 4.79 Å². The third kappa shape index (κ3) is 1.72. The first-order chi connectivity index (χ1) is 9.18. The standard InChI is InChI=1S/C14H11N3O2/c15-13-9(10-3-1-2-7-16-10)6-8-17-11(13)4-5-12(17)14(18)19/h1-8H,15H2,(H,18,19). The normalized spacial score (nSPS) is 10.7. The van der Waals surface area contributed by atoms with E-state index in [0.29, 0.717) is 11.2 Å². The van der Waals surface area contributed by atoms with Crippen molar-refractivity contribution in [3.8, 4) is 11.3 Å². The van der Waals surface area contributed by atoms with Crippen LogP contribution in [0.5, 0.6) is 0 Å². The molecule has 3 aromatic heterocycles. The van der Waals surface area contributed by atoms with E-state index in [1.807, 2.05) is 18.2 Å². The number of pyridine rings is 2. The average Bonchev–Trinajstić information content (AvgIpc) is 2.85. The van der Waals surface area contributed by atoms with Crippen LogP contribution in [0.3, 0.4) is 0 Å². The average molecular weight is 253 g/mol. The molecular weight excluding hydrogens is 242 g/mol. The second kappa shape index (κ2) is 4.13. The van der Waals surface area contributed by atoms with Crippen molar-refractivity contribution >= 4 is 17.2 Å². The molecule has 0 spiro atoms. The van der Waals surface area contributed by atoms with E-state index in [1.165, 1.54) is 6.07 Å². The smallest absolute Gasteiger partial charge is 0.352 e. The lowest BCUT2D eigenvalue weighted by Crippen LogP contribution is -2.03. The Morgan fingerprint density at radius 2 is 2.05 bits per heavy atom. The molecule has 0 aromatic carbocycles. The summed E-state index contributed by atoms with van der Waals surface area (Å²) in [6, 6.07) is 10.6. The second-order valence-corrected chi connectivity index (χ2v) is 4.14. The summed E-state index contributed by atoms with van der Waals surface area (Å²) in [6.45, 7) is 0. The van der Waals surface area contributed by atoms with Crippen molar-refractivity contribution in [1.29, 1.82) is 0 Å². The molecule has 0 amide bonds. The number of hydrogen-bond acceptors (Lipinski definition) is 3. The zero-order valence-corrected chi connectivity index (χ0v) is 9.95. The summed E-state index contributed by atoms with van der Waals surface area (Å²) in [6.07, 6.45) is 3.39. The van der Waals surface area contributed by atoms with Crippen LogP contribution in [-0.4, -0.2) is 20.5 Å². The molecule has 0 atom stereocenters. The zero-order chi connectivity index (χ0) is 13.4. The number of rotatable bonds is 2. The molecule has 3 heterocycles. The summed E-state index contributed by atoms with van der Waals surface area (Å²) < 4.78 is 1.56. The number of aromatic nitrogens is 2. The van der Waals surface area contributed by atoms with Gasteiger partial charge in [-0.15, -0.1) is 0 Å². The number of hydrogen-bond donors (Lipinski definition) is 2. The van der Waals surface area contributed by atoms with Gasteiger partial charge in [-0.1, -0.05) is 6.07 Å². The van der Waals surface area contributed by atoms with Crippen molar-refractivity contribution in [1.82, 2.24) is 9.38 Å². The third-order valence-corrected chi connectivity index (χ3v) is 3.03. The number of carboxylic acids is 1. The lowest BCUT2D eigenvalue weighted by Gasteiger charge is -2.08. The van der Waals surface area contributed by atoms with Gasteiger partial charge in [0.05, 0.1) is 16.9 Å². The van der Waals surface area contributed by atoms with Crippen molar-refractivity contribution in [3.05, 3.63) is 54.5 Å². The third-order valence-electron chi connectivity index (χ3n) is 3.03. The summed E-state index contributed by atoms with van der Waals surface area (Å²) >= 11 is 0. The lowest BCUT2D eigenvalue weighted by atomic mass is 10.1. The molecule has 0 saturated carbocycles. The zero-order valence-electron chi connectivity index (χ0n) is 9.95. The van der Waals surface area contributed by atoms with Crippen LogP contribution in [0.25, 0.3) is 16.8 Å². The largest absolute Gasteiger partial charge is 0.477 e. The molecule has 94 valence electrons. The number of nitrogens with two attached hydrogens (primary N) is 1. The van der Waals surface area contributed by atoms with Gasteiger partial charge >= 0.3 is 5.97 Å². The first kappa shape index (κ1) is 11.3. The minimum atomic E-state index is -0.981. The summed E-state index contributed by atoms with van der Waals surface area (Å²) in [4.78, 5) is 15.3. The van der Waals surface area contributed by atoms with Crippen molar-refractivity contribution < 1.29 is 9.90 Å². The van der Waals surface area contributed by atoms with Gasteiger partial charge in [-0.05, 0) is 30.3 Å². The predicted octanol–water partition coefficient (Wildman–Crippen LogP) is 2.28. The summed E-state index contributed by atoms with van der Waals surface area (Å²) in [5, 5.41) is 9.07. The van der Waals surface area contributed by atoms with Gasteiger partial charge in [0, 0.05) is 18.0 Å². The number of anilines is 1. The molecule has 0 radical (unpaired) electrons. The monoisotopic (exact) mass is 253 g/mol. The van der Waals surface area contributed by atoms with E-state index < -0.39 is 5.97 Å². The maximum Gasteiger partial charge on any atom is 0.352 e. The Balaban J connectivity index is 2.26. The van der Waals surface area contributed by atoms with Crippen molar-refractivity contribution in [3.63, 3.8) is 0 Å². The molecule has 0 aliphatic carbocycles. The fraction of sp³-hybridized carbons (Fsp3) is 0. The molecule has 3 rings (SSSR count). The number of carboxylic acid groups (broad SMARTS) is 1. The molecule has 0 aliphatic heterocycles. The van der Waals surface area contributed by atoms with Crippen molar-refractivity contribution in [2.24, 2.45) is 0 Å². The number of carbonyl (C=O) groups is 1. The van der Waals surface area contributed by atoms with Gasteiger partial charge in [0.1, 0.15) is 5.69 Å². The molecule has 0 fully saturated rings. The Morgan fingerprint density at radius 3 is 2.74 bits per heavy atom. The SMILES string of the molecule is Nc1c(-c2ccccn2)ccn2c(C(=O)O)ccc12. The van der Waals surface area contributed by atoms with E-state index >= 15 is 0 Å². The fourth-order valence-electron chi connectivity index (χ4n) is 2.12. The first-order valence-corrected chi connectivity index (χ1v) is 5.72. The Bertz CT molecular complexity index is 763. The molecule has 5 nitrogen and oxygen atoms in total.